The summed E-state index contributed by atoms with van der Waals surface area (Å²) in [5.74, 6) is -1.82. The van der Waals surface area contributed by atoms with Crippen LogP contribution in [0.5, 0.6) is 0 Å². The first kappa shape index (κ1) is 102. The molecule has 0 bridgehead atoms. The molecule has 0 aromatic rings. The average Bonchev–Trinajstić information content (AvgIpc) is 1.65. The Morgan fingerprint density at radius 3 is 0.857 bits per heavy atom. The van der Waals surface area contributed by atoms with Gasteiger partial charge in [0, 0.05) is 92.3 Å². The fraction of sp³-hybridized carbons (Fsp3) is 0.769. The highest BCUT2D eigenvalue weighted by Crippen LogP contribution is 2.41. The van der Waals surface area contributed by atoms with Crippen molar-refractivity contribution in [1.82, 2.24) is 0 Å². The first-order valence-electron chi connectivity index (χ1n) is 41.4. The van der Waals surface area contributed by atoms with Gasteiger partial charge in [0.25, 0.3) is 0 Å². The van der Waals surface area contributed by atoms with Gasteiger partial charge in [-0.3, -0.25) is 14.4 Å². The van der Waals surface area contributed by atoms with Crippen molar-refractivity contribution >= 4 is 17.9 Å². The minimum absolute atomic E-state index is 0. The van der Waals surface area contributed by atoms with Gasteiger partial charge in [-0.15, -0.1) is 0 Å². The smallest absolute Gasteiger partial charge is 0.309 e. The molecule has 21 nitrogen and oxygen atoms in total. The van der Waals surface area contributed by atoms with Crippen LogP contribution >= 0.6 is 0 Å². The molecule has 0 spiro atoms. The van der Waals surface area contributed by atoms with Crippen LogP contribution < -0.4 is 0 Å². The highest BCUT2D eigenvalue weighted by molar-refractivity contribution is 5.71. The van der Waals surface area contributed by atoms with Gasteiger partial charge in [0.1, 0.15) is 36.6 Å². The summed E-state index contributed by atoms with van der Waals surface area (Å²) in [6, 6.07) is 0. The topological polar surface area (TPSA) is 326 Å². The number of cyclic esters (lactones) is 3. The van der Waals surface area contributed by atoms with E-state index in [2.05, 4.69) is 41.5 Å². The van der Waals surface area contributed by atoms with Crippen molar-refractivity contribution in [1.29, 1.82) is 0 Å². The van der Waals surface area contributed by atoms with E-state index in [1.165, 1.54) is 0 Å². The summed E-state index contributed by atoms with van der Waals surface area (Å²) >= 11 is 0. The van der Waals surface area contributed by atoms with Gasteiger partial charge in [0.2, 0.25) is 0 Å². The van der Waals surface area contributed by atoms with Crippen molar-refractivity contribution in [3.63, 3.8) is 0 Å². The monoisotopic (exact) mass is 1580 g/mol. The molecule has 6 aliphatic heterocycles. The molecule has 0 amide bonds. The summed E-state index contributed by atoms with van der Waals surface area (Å²) in [7, 11) is 5.13. The lowest BCUT2D eigenvalue weighted by Crippen LogP contribution is -2.34. The number of methoxy groups -OCH3 is 3. The number of esters is 3. The predicted octanol–water partition coefficient (Wildman–Crippen LogP) is 13.7. The third-order valence-electron chi connectivity index (χ3n) is 24.8. The zero-order valence-corrected chi connectivity index (χ0v) is 71.9. The largest absolute Gasteiger partial charge is 0.457 e. The SMILES string of the molecule is C.CC[C@H](OC)[C@@H](C)[C@H]1O[C@@H]1[C@@H](O)[C@@H](C)/C=C/C=C(\C)[C@H]1OC(=O)C[C@H](O)CC[C@@](C)(O)[C@@H](C)/C=C/[C@@H]1C.CC[C@H](OC)[C@@H](C)[C@H]1O[C@@H]1[C@@H](O)[C@H](C)/C=C/C=C(\C)[C@H]1OC(=O)C[C@H](O)CC[C@@](C)(O)[C@@H](C)/C=C/[C@@H]1C.CC[C@H](OC)[C@@H](C)[C@H]1O[C@@H]1[C@H](O)[C@@H](C)/C=C/C=C(\C)[C@H]1OC(=O)C[C@H](O)CC[C@@](C)(O)[C@@H](C)/C=C/[C@@H]1C. The number of epoxide rings is 3. The number of aliphatic hydroxyl groups excluding tert-OH is 6. The maximum atomic E-state index is 12.6. The standard InChI is InChI=1S/3C30H50O7.CH4/c3*1-9-24(35-8)22(6)28-29(37-28)26(33)18(2)11-10-12-19(3)27-20(4)13-14-21(5)30(7,34)16-15-23(31)17-25(32)36-27;/h3*10-14,18,20-24,26-29,31,33-34H,9,15-17H2,1-8H3;1H4/b3*11-10+,14-13+,19-12+;/t18-,20+,21+,22-,23-,24+,26+,27-,28-,29-,30-;18-,20-,21-,22+,23+,24-,26+,27+,28+,29+,30+;18-,20-,21-,22+,23+,24-,26-,27+,28+,29+,30+;/m100./s1. The van der Waals surface area contributed by atoms with E-state index >= 15 is 0 Å². The quantitative estimate of drug-likeness (QED) is 0.0121. The van der Waals surface area contributed by atoms with Gasteiger partial charge in [-0.25, -0.2) is 0 Å². The van der Waals surface area contributed by atoms with Gasteiger partial charge < -0.3 is 88.6 Å². The lowest BCUT2D eigenvalue weighted by molar-refractivity contribution is -0.152. The third-order valence-corrected chi connectivity index (χ3v) is 24.8. The van der Waals surface area contributed by atoms with Crippen LogP contribution in [0.25, 0.3) is 0 Å². The van der Waals surface area contributed by atoms with Crippen LogP contribution in [0.1, 0.15) is 230 Å². The second-order valence-corrected chi connectivity index (χ2v) is 34.3. The maximum Gasteiger partial charge on any atom is 0.309 e. The van der Waals surface area contributed by atoms with Crippen molar-refractivity contribution in [2.24, 2.45) is 71.0 Å². The molecular formula is C91H154O21. The summed E-state index contributed by atoms with van der Waals surface area (Å²) in [5, 5.41) is 95.7. The van der Waals surface area contributed by atoms with Gasteiger partial charge in [-0.2, -0.15) is 0 Å². The van der Waals surface area contributed by atoms with Gasteiger partial charge in [-0.1, -0.05) is 202 Å². The summed E-state index contributed by atoms with van der Waals surface area (Å²) in [5.41, 5.74) is -0.338. The Bertz CT molecular complexity index is 2760. The van der Waals surface area contributed by atoms with Crippen LogP contribution in [0.15, 0.2) is 108 Å². The Kier molecular flexibility index (Phi) is 43.4. The summed E-state index contributed by atoms with van der Waals surface area (Å²) < 4.78 is 51.4. The molecule has 0 aromatic carbocycles. The van der Waals surface area contributed by atoms with Crippen molar-refractivity contribution in [3.05, 3.63) is 108 Å². The van der Waals surface area contributed by atoms with E-state index in [9.17, 15) is 60.3 Å². The van der Waals surface area contributed by atoms with E-state index in [0.717, 1.165) is 36.0 Å². The van der Waals surface area contributed by atoms with E-state index in [4.69, 9.17) is 42.6 Å². The fourth-order valence-corrected chi connectivity index (χ4v) is 15.4. The number of hydrogen-bond acceptors (Lipinski definition) is 21. The van der Waals surface area contributed by atoms with Gasteiger partial charge in [0.15, 0.2) is 0 Å². The van der Waals surface area contributed by atoms with Crippen molar-refractivity contribution in [2.45, 2.75) is 357 Å². The lowest BCUT2D eigenvalue weighted by atomic mass is 9.84. The Morgan fingerprint density at radius 2 is 0.652 bits per heavy atom. The van der Waals surface area contributed by atoms with Gasteiger partial charge in [0.05, 0.1) is 109 Å². The number of carbonyl (C=O) groups excluding carboxylic acids is 3. The maximum absolute atomic E-state index is 12.6. The van der Waals surface area contributed by atoms with Gasteiger partial charge >= 0.3 is 17.9 Å². The number of carbonyl (C=O) groups is 3. The van der Waals surface area contributed by atoms with Crippen LogP contribution in [0.2, 0.25) is 0 Å². The summed E-state index contributed by atoms with van der Waals surface area (Å²) in [4.78, 5) is 37.7. The predicted molar refractivity (Wildman–Crippen MR) is 441 cm³/mol. The highest BCUT2D eigenvalue weighted by atomic mass is 16.6. The normalized spacial score (nSPS) is 37.8. The molecule has 6 heterocycles. The molecule has 0 aliphatic carbocycles. The van der Waals surface area contributed by atoms with E-state index in [-0.39, 0.29) is 153 Å². The summed E-state index contributed by atoms with van der Waals surface area (Å²) in [6.45, 7) is 41.2. The number of rotatable bonds is 27. The molecule has 33 atom stereocenters. The Morgan fingerprint density at radius 1 is 0.429 bits per heavy atom. The molecule has 0 radical (unpaired) electrons. The zero-order valence-electron chi connectivity index (χ0n) is 71.9. The first-order valence-corrected chi connectivity index (χ1v) is 41.4. The van der Waals surface area contributed by atoms with Crippen molar-refractivity contribution < 1.29 is 103 Å². The van der Waals surface area contributed by atoms with Crippen LogP contribution in [0, 0.1) is 71.0 Å². The third kappa shape index (κ3) is 31.7. The number of allylic oxidation sites excluding steroid dienone is 6. The molecule has 112 heavy (non-hydrogen) atoms. The van der Waals surface area contributed by atoms with E-state index in [1.807, 2.05) is 174 Å². The Labute approximate surface area is 674 Å². The fourth-order valence-electron chi connectivity index (χ4n) is 15.4. The molecule has 0 saturated carbocycles. The molecule has 0 aromatic heterocycles. The molecule has 0 unspecified atom stereocenters. The first-order chi connectivity index (χ1) is 51.9. The average molecular weight is 1580 g/mol. The zero-order chi connectivity index (χ0) is 83.7. The molecule has 6 aliphatic rings. The number of hydrogen-bond donors (Lipinski definition) is 9. The molecular weight excluding hydrogens is 1430 g/mol. The van der Waals surface area contributed by atoms with Crippen LogP contribution in [0.3, 0.4) is 0 Å². The summed E-state index contributed by atoms with van der Waals surface area (Å²) in [6.07, 6.45) is 27.3. The van der Waals surface area contributed by atoms with Crippen LogP contribution in [0.4, 0.5) is 0 Å². The second kappa shape index (κ2) is 47.8. The van der Waals surface area contributed by atoms with E-state index in [0.29, 0.717) is 38.5 Å². The lowest BCUT2D eigenvalue weighted by Gasteiger charge is -2.31. The molecule has 3 saturated heterocycles. The van der Waals surface area contributed by atoms with E-state index in [1.54, 1.807) is 42.1 Å². The molecule has 3 fully saturated rings. The van der Waals surface area contributed by atoms with E-state index < -0.39 is 89.6 Å². The minimum Gasteiger partial charge on any atom is -0.457 e. The molecule has 21 heteroatoms. The Balaban J connectivity index is 0.000000433. The van der Waals surface area contributed by atoms with Crippen LogP contribution in [-0.2, 0) is 57.0 Å². The second-order valence-electron chi connectivity index (χ2n) is 34.3. The molecule has 644 valence electrons. The van der Waals surface area contributed by atoms with Crippen molar-refractivity contribution in [2.75, 3.05) is 21.3 Å². The minimum atomic E-state index is -0.969. The number of ether oxygens (including phenoxy) is 9. The molecule has 6 rings (SSSR count). The number of aliphatic hydroxyl groups is 9. The van der Waals surface area contributed by atoms with Gasteiger partial charge in [-0.05, 0) is 116 Å². The van der Waals surface area contributed by atoms with Crippen molar-refractivity contribution in [3.8, 4) is 0 Å². The van der Waals surface area contributed by atoms with Crippen LogP contribution in [-0.4, -0.2) is 212 Å². The molecule has 9 N–H and O–H groups in total. The highest BCUT2D eigenvalue weighted by Gasteiger charge is 2.53. The Hall–Kier alpha value is -4.53.